The molecule has 2 aromatic carbocycles. The van der Waals surface area contributed by atoms with E-state index >= 15 is 0 Å². The van der Waals surface area contributed by atoms with E-state index in [1.165, 1.54) is 18.5 Å². The van der Waals surface area contributed by atoms with Crippen LogP contribution >= 0.6 is 11.6 Å². The third-order valence-corrected chi connectivity index (χ3v) is 6.48. The van der Waals surface area contributed by atoms with E-state index in [1.54, 1.807) is 18.2 Å². The molecule has 0 atom stereocenters. The molecule has 5 rings (SSSR count). The minimum Gasteiger partial charge on any atom is -0.491 e. The molecule has 1 amide bonds. The summed E-state index contributed by atoms with van der Waals surface area (Å²) in [7, 11) is 0. The number of rotatable bonds is 9. The number of nitrogens with one attached hydrogen (secondary N) is 3. The Kier molecular flexibility index (Phi) is 7.60. The molecule has 3 N–H and O–H groups in total. The summed E-state index contributed by atoms with van der Waals surface area (Å²) in [6.45, 7) is 5.16. The molecular formula is C26H28ClFN6O2. The number of carbonyl (C=O) groups is 1. The van der Waals surface area contributed by atoms with E-state index in [4.69, 9.17) is 16.3 Å². The maximum absolute atomic E-state index is 13.6. The van der Waals surface area contributed by atoms with Gasteiger partial charge in [-0.05, 0) is 43.0 Å². The highest BCUT2D eigenvalue weighted by molar-refractivity contribution is 6.31. The Balaban J connectivity index is 1.38. The third-order valence-electron chi connectivity index (χ3n) is 6.19. The summed E-state index contributed by atoms with van der Waals surface area (Å²) in [5, 5.41) is 10.1. The first-order valence-electron chi connectivity index (χ1n) is 12.1. The van der Waals surface area contributed by atoms with Gasteiger partial charge in [0.05, 0.1) is 22.8 Å². The molecule has 2 heterocycles. The number of hydrogen-bond acceptors (Lipinski definition) is 7. The average Bonchev–Trinajstić information content (AvgIpc) is 3.71. The van der Waals surface area contributed by atoms with Crippen LogP contribution in [0.1, 0.15) is 12.8 Å². The van der Waals surface area contributed by atoms with Crippen LogP contribution < -0.4 is 20.7 Å². The Hall–Kier alpha value is -3.27. The Morgan fingerprint density at radius 3 is 2.83 bits per heavy atom. The summed E-state index contributed by atoms with van der Waals surface area (Å²) in [6, 6.07) is 7.96. The molecular weight excluding hydrogens is 483 g/mol. The minimum absolute atomic E-state index is 0.00896. The highest BCUT2D eigenvalue weighted by atomic mass is 35.5. The van der Waals surface area contributed by atoms with E-state index < -0.39 is 5.82 Å². The fourth-order valence-electron chi connectivity index (χ4n) is 3.98. The Morgan fingerprint density at radius 1 is 1.22 bits per heavy atom. The summed E-state index contributed by atoms with van der Waals surface area (Å²) < 4.78 is 19.6. The largest absolute Gasteiger partial charge is 0.491 e. The zero-order valence-corrected chi connectivity index (χ0v) is 20.5. The van der Waals surface area contributed by atoms with Gasteiger partial charge in [-0.2, -0.15) is 0 Å². The van der Waals surface area contributed by atoms with Crippen molar-refractivity contribution in [1.29, 1.82) is 0 Å². The summed E-state index contributed by atoms with van der Waals surface area (Å²) in [5.41, 5.74) is 1.77. The molecule has 0 bridgehead atoms. The second-order valence-corrected chi connectivity index (χ2v) is 9.45. The predicted molar refractivity (Wildman–Crippen MR) is 140 cm³/mol. The van der Waals surface area contributed by atoms with Gasteiger partial charge in [-0.15, -0.1) is 0 Å². The number of carbonyl (C=O) groups excluding carboxylic acids is 1. The minimum atomic E-state index is -0.498. The molecule has 3 aromatic rings. The highest BCUT2D eigenvalue weighted by Gasteiger charge is 2.23. The molecule has 0 spiro atoms. The Labute approximate surface area is 213 Å². The number of benzene rings is 2. The maximum Gasteiger partial charge on any atom is 0.248 e. The Bertz CT molecular complexity index is 1280. The molecule has 1 aliphatic heterocycles. The van der Waals surface area contributed by atoms with Gasteiger partial charge in [0.2, 0.25) is 5.91 Å². The molecule has 10 heteroatoms. The van der Waals surface area contributed by atoms with Gasteiger partial charge in [0.25, 0.3) is 0 Å². The summed E-state index contributed by atoms with van der Waals surface area (Å²) in [5.74, 6) is 0.877. The third kappa shape index (κ3) is 6.29. The van der Waals surface area contributed by atoms with Gasteiger partial charge in [-0.1, -0.05) is 17.7 Å². The number of anilines is 3. The first-order valence-corrected chi connectivity index (χ1v) is 12.5. The average molecular weight is 511 g/mol. The lowest BCUT2D eigenvalue weighted by molar-refractivity contribution is -0.111. The quantitative estimate of drug-likeness (QED) is 0.368. The number of halogens is 2. The van der Waals surface area contributed by atoms with Crippen LogP contribution in [0.2, 0.25) is 5.02 Å². The van der Waals surface area contributed by atoms with E-state index in [0.29, 0.717) is 46.4 Å². The van der Waals surface area contributed by atoms with Crippen molar-refractivity contribution >= 4 is 45.6 Å². The van der Waals surface area contributed by atoms with Gasteiger partial charge in [-0.25, -0.2) is 14.4 Å². The number of piperazine rings is 1. The summed E-state index contributed by atoms with van der Waals surface area (Å²) >= 11 is 5.93. The van der Waals surface area contributed by atoms with Crippen LogP contribution in [0.3, 0.4) is 0 Å². The molecule has 36 heavy (non-hydrogen) atoms. The SMILES string of the molecule is O=C(/C=C/CN1CCNCC1)Nc1cc2c(Nc3ccc(F)c(Cl)c3)ncnc2cc1OCC1CC1. The molecule has 8 nitrogen and oxygen atoms in total. The van der Waals surface area contributed by atoms with Crippen molar-refractivity contribution in [3.05, 3.63) is 59.7 Å². The lowest BCUT2D eigenvalue weighted by atomic mass is 10.1. The van der Waals surface area contributed by atoms with Crippen molar-refractivity contribution in [1.82, 2.24) is 20.2 Å². The van der Waals surface area contributed by atoms with E-state index in [1.807, 2.05) is 12.1 Å². The number of fused-ring (bicyclic) bond motifs is 1. The van der Waals surface area contributed by atoms with Gasteiger partial charge >= 0.3 is 0 Å². The zero-order valence-electron chi connectivity index (χ0n) is 19.8. The standard InChI is InChI=1S/C26H28ClFN6O2/c27-20-12-18(5-6-21(20)28)32-26-19-13-23(33-25(35)2-1-9-34-10-7-29-8-11-34)24(36-15-17-3-4-17)14-22(19)30-16-31-26/h1-2,5-6,12-14,16-17,29H,3-4,7-11,15H2,(H,33,35)(H,30,31,32)/b2-1+. The zero-order chi connectivity index (χ0) is 24.9. The normalized spacial score (nSPS) is 16.4. The van der Waals surface area contributed by atoms with Crippen molar-refractivity contribution in [3.8, 4) is 5.75 Å². The van der Waals surface area contributed by atoms with Crippen LogP contribution in [-0.4, -0.2) is 60.1 Å². The van der Waals surface area contributed by atoms with Crippen LogP contribution in [0, 0.1) is 11.7 Å². The maximum atomic E-state index is 13.6. The van der Waals surface area contributed by atoms with E-state index in [-0.39, 0.29) is 10.9 Å². The topological polar surface area (TPSA) is 91.4 Å². The molecule has 0 unspecified atom stereocenters. The van der Waals surface area contributed by atoms with E-state index in [2.05, 4.69) is 30.8 Å². The van der Waals surface area contributed by atoms with Gasteiger partial charge in [0, 0.05) is 55.9 Å². The van der Waals surface area contributed by atoms with Crippen molar-refractivity contribution in [2.75, 3.05) is 50.0 Å². The molecule has 0 radical (unpaired) electrons. The lowest BCUT2D eigenvalue weighted by Crippen LogP contribution is -2.43. The second-order valence-electron chi connectivity index (χ2n) is 9.04. The van der Waals surface area contributed by atoms with Crippen LogP contribution in [0.25, 0.3) is 10.9 Å². The molecule has 1 aromatic heterocycles. The van der Waals surface area contributed by atoms with E-state index in [0.717, 1.165) is 45.6 Å². The van der Waals surface area contributed by atoms with Gasteiger partial charge in [0.1, 0.15) is 23.7 Å². The molecule has 1 aliphatic carbocycles. The van der Waals surface area contributed by atoms with Gasteiger partial charge < -0.3 is 20.7 Å². The molecule has 1 saturated carbocycles. The van der Waals surface area contributed by atoms with Gasteiger partial charge in [-0.3, -0.25) is 9.69 Å². The molecule has 188 valence electrons. The smallest absolute Gasteiger partial charge is 0.248 e. The first kappa shape index (κ1) is 24.4. The van der Waals surface area contributed by atoms with Crippen molar-refractivity contribution in [2.45, 2.75) is 12.8 Å². The van der Waals surface area contributed by atoms with Crippen LogP contribution in [-0.2, 0) is 4.79 Å². The second kappa shape index (κ2) is 11.2. The number of hydrogen-bond donors (Lipinski definition) is 3. The molecule has 2 aliphatic rings. The highest BCUT2D eigenvalue weighted by Crippen LogP contribution is 2.36. The summed E-state index contributed by atoms with van der Waals surface area (Å²) in [4.78, 5) is 23.8. The monoisotopic (exact) mass is 510 g/mol. The fourth-order valence-corrected chi connectivity index (χ4v) is 4.16. The van der Waals surface area contributed by atoms with Crippen LogP contribution in [0.4, 0.5) is 21.6 Å². The lowest BCUT2D eigenvalue weighted by Gasteiger charge is -2.25. The Morgan fingerprint density at radius 2 is 2.06 bits per heavy atom. The molecule has 1 saturated heterocycles. The molecule has 2 fully saturated rings. The van der Waals surface area contributed by atoms with Crippen LogP contribution in [0.15, 0.2) is 48.8 Å². The van der Waals surface area contributed by atoms with Gasteiger partial charge in [0.15, 0.2) is 0 Å². The van der Waals surface area contributed by atoms with Crippen molar-refractivity contribution in [3.63, 3.8) is 0 Å². The summed E-state index contributed by atoms with van der Waals surface area (Å²) in [6.07, 6.45) is 7.18. The number of amides is 1. The van der Waals surface area contributed by atoms with Crippen LogP contribution in [0.5, 0.6) is 5.75 Å². The van der Waals surface area contributed by atoms with E-state index in [9.17, 15) is 9.18 Å². The van der Waals surface area contributed by atoms with Crippen molar-refractivity contribution in [2.24, 2.45) is 5.92 Å². The fraction of sp³-hybridized carbons (Fsp3) is 0.346. The number of nitrogens with zero attached hydrogens (tertiary/aromatic N) is 3. The predicted octanol–water partition coefficient (Wildman–Crippen LogP) is 4.35. The number of aromatic nitrogens is 2. The first-order chi connectivity index (χ1) is 17.5. The van der Waals surface area contributed by atoms with Crippen molar-refractivity contribution < 1.29 is 13.9 Å². The number of ether oxygens (including phenoxy) is 1.